The van der Waals surface area contributed by atoms with Gasteiger partial charge in [0, 0.05) is 13.1 Å². The molecule has 0 bridgehead atoms. The first kappa shape index (κ1) is 19.2. The fraction of sp³-hybridized carbons (Fsp3) is 0.409. The normalized spacial score (nSPS) is 21.0. The Balaban J connectivity index is 1.36. The van der Waals surface area contributed by atoms with Gasteiger partial charge in [-0.25, -0.2) is 4.98 Å². The van der Waals surface area contributed by atoms with Crippen LogP contribution < -0.4 is 4.74 Å². The molecule has 3 aromatic rings. The molecule has 1 aliphatic rings. The molecule has 1 atom stereocenters. The van der Waals surface area contributed by atoms with Crippen LogP contribution in [0.25, 0.3) is 11.0 Å². The largest absolute Gasteiger partial charge is 0.489 e. The Morgan fingerprint density at radius 2 is 2.11 bits per heavy atom. The van der Waals surface area contributed by atoms with Crippen LogP contribution in [0.1, 0.15) is 30.4 Å². The van der Waals surface area contributed by atoms with Gasteiger partial charge < -0.3 is 14.8 Å². The Labute approximate surface area is 170 Å². The van der Waals surface area contributed by atoms with E-state index in [0.29, 0.717) is 17.2 Å². The van der Waals surface area contributed by atoms with E-state index in [-0.39, 0.29) is 6.61 Å². The monoisotopic (exact) mass is 399 g/mol. The minimum atomic E-state index is -0.824. The summed E-state index contributed by atoms with van der Waals surface area (Å²) in [6, 6.07) is 12.0. The molecule has 2 heterocycles. The molecule has 4 rings (SSSR count). The molecule has 2 aromatic carbocycles. The van der Waals surface area contributed by atoms with Gasteiger partial charge in [0.25, 0.3) is 0 Å². The summed E-state index contributed by atoms with van der Waals surface area (Å²) in [6.07, 6.45) is 4.07. The Morgan fingerprint density at radius 3 is 3.00 bits per heavy atom. The van der Waals surface area contributed by atoms with Crippen LogP contribution >= 0.6 is 11.6 Å². The van der Waals surface area contributed by atoms with Crippen LogP contribution in [0.15, 0.2) is 42.7 Å². The predicted octanol–water partition coefficient (Wildman–Crippen LogP) is 4.32. The number of aromatic nitrogens is 2. The number of aromatic amines is 1. The number of nitrogens with one attached hydrogen (secondary N) is 1. The van der Waals surface area contributed by atoms with Gasteiger partial charge >= 0.3 is 0 Å². The molecule has 0 saturated carbocycles. The van der Waals surface area contributed by atoms with Gasteiger partial charge in [0.2, 0.25) is 0 Å². The number of benzene rings is 2. The second-order valence-corrected chi connectivity index (χ2v) is 8.24. The van der Waals surface area contributed by atoms with E-state index >= 15 is 0 Å². The maximum atomic E-state index is 11.1. The Hall–Kier alpha value is -2.08. The lowest BCUT2D eigenvalue weighted by Gasteiger charge is -2.27. The van der Waals surface area contributed by atoms with Crippen molar-refractivity contribution in [2.24, 2.45) is 0 Å². The molecular weight excluding hydrogens is 374 g/mol. The van der Waals surface area contributed by atoms with Crippen molar-refractivity contribution in [1.82, 2.24) is 14.9 Å². The lowest BCUT2D eigenvalue weighted by Crippen LogP contribution is -2.37. The predicted molar refractivity (Wildman–Crippen MR) is 112 cm³/mol. The van der Waals surface area contributed by atoms with Crippen molar-refractivity contribution < 1.29 is 9.84 Å². The van der Waals surface area contributed by atoms with E-state index in [9.17, 15) is 5.11 Å². The number of aryl methyl sites for hydroxylation is 1. The molecular formula is C22H26ClN3O2. The Bertz CT molecular complexity index is 958. The van der Waals surface area contributed by atoms with Gasteiger partial charge in [0.1, 0.15) is 12.4 Å². The van der Waals surface area contributed by atoms with Crippen molar-refractivity contribution in [3.8, 4) is 5.75 Å². The number of nitrogens with zero attached hydrogens (tertiary/aromatic N) is 2. The molecule has 5 nitrogen and oxygen atoms in total. The average Bonchev–Trinajstić information content (AvgIpc) is 3.07. The van der Waals surface area contributed by atoms with Crippen LogP contribution in [0.4, 0.5) is 0 Å². The molecule has 6 heteroatoms. The van der Waals surface area contributed by atoms with Crippen LogP contribution in [0.3, 0.4) is 0 Å². The average molecular weight is 400 g/mol. The highest BCUT2D eigenvalue weighted by molar-refractivity contribution is 6.32. The van der Waals surface area contributed by atoms with Crippen LogP contribution in [-0.4, -0.2) is 45.3 Å². The zero-order valence-electron chi connectivity index (χ0n) is 16.1. The molecule has 0 radical (unpaired) electrons. The summed E-state index contributed by atoms with van der Waals surface area (Å²) in [4.78, 5) is 9.84. The summed E-state index contributed by atoms with van der Waals surface area (Å²) < 4.78 is 5.90. The number of rotatable bonds is 5. The molecule has 1 aliphatic heterocycles. The standard InChI is InChI=1S/C22H26ClN3O2/c1-16-3-5-18(23)21(11-16)28-14-22(27)7-2-9-26(10-8-22)13-17-4-6-19-20(12-17)25-15-24-19/h3-6,11-12,15,27H,2,7-10,13-14H2,1H3,(H,24,25). The molecule has 148 valence electrons. The molecule has 1 fully saturated rings. The lowest BCUT2D eigenvalue weighted by atomic mass is 9.96. The van der Waals surface area contributed by atoms with Crippen LogP contribution in [0, 0.1) is 6.92 Å². The number of aliphatic hydroxyl groups is 1. The molecule has 0 aliphatic carbocycles. The zero-order chi connectivity index (χ0) is 19.6. The minimum absolute atomic E-state index is 0.268. The summed E-state index contributed by atoms with van der Waals surface area (Å²) in [6.45, 7) is 4.94. The number of H-pyrrole nitrogens is 1. The number of hydrogen-bond donors (Lipinski definition) is 2. The van der Waals surface area contributed by atoms with Gasteiger partial charge in [-0.15, -0.1) is 0 Å². The number of hydrogen-bond acceptors (Lipinski definition) is 4. The second kappa shape index (κ2) is 8.11. The highest BCUT2D eigenvalue weighted by Crippen LogP contribution is 2.29. The summed E-state index contributed by atoms with van der Waals surface area (Å²) in [5.41, 5.74) is 3.57. The summed E-state index contributed by atoms with van der Waals surface area (Å²) in [5, 5.41) is 11.6. The van der Waals surface area contributed by atoms with Crippen molar-refractivity contribution in [2.75, 3.05) is 19.7 Å². The number of likely N-dealkylation sites (tertiary alicyclic amines) is 1. The first-order chi connectivity index (χ1) is 13.5. The van der Waals surface area contributed by atoms with Crippen LogP contribution in [-0.2, 0) is 6.54 Å². The number of ether oxygens (including phenoxy) is 1. The Kier molecular flexibility index (Phi) is 5.58. The summed E-state index contributed by atoms with van der Waals surface area (Å²) in [5.74, 6) is 0.643. The number of imidazole rings is 1. The third kappa shape index (κ3) is 4.49. The van der Waals surface area contributed by atoms with E-state index in [1.807, 2.05) is 25.1 Å². The van der Waals surface area contributed by atoms with Crippen LogP contribution in [0.2, 0.25) is 5.02 Å². The van der Waals surface area contributed by atoms with Crippen molar-refractivity contribution in [3.05, 3.63) is 58.9 Å². The van der Waals surface area contributed by atoms with Gasteiger partial charge in [-0.05, 0) is 68.1 Å². The smallest absolute Gasteiger partial charge is 0.138 e. The van der Waals surface area contributed by atoms with Crippen molar-refractivity contribution in [2.45, 2.75) is 38.3 Å². The van der Waals surface area contributed by atoms with Gasteiger partial charge in [-0.3, -0.25) is 4.90 Å². The Morgan fingerprint density at radius 1 is 1.21 bits per heavy atom. The minimum Gasteiger partial charge on any atom is -0.489 e. The summed E-state index contributed by atoms with van der Waals surface area (Å²) >= 11 is 6.22. The van der Waals surface area contributed by atoms with E-state index in [1.165, 1.54) is 5.56 Å². The first-order valence-corrected chi connectivity index (χ1v) is 10.1. The summed E-state index contributed by atoms with van der Waals surface area (Å²) in [7, 11) is 0. The maximum absolute atomic E-state index is 11.1. The van der Waals surface area contributed by atoms with Crippen molar-refractivity contribution in [1.29, 1.82) is 0 Å². The van der Waals surface area contributed by atoms with E-state index in [0.717, 1.165) is 49.1 Å². The zero-order valence-corrected chi connectivity index (χ0v) is 16.9. The van der Waals surface area contributed by atoms with Crippen molar-refractivity contribution in [3.63, 3.8) is 0 Å². The SMILES string of the molecule is Cc1ccc(Cl)c(OCC2(O)CCCN(Cc3ccc4nc[nH]c4c3)CC2)c1. The molecule has 2 N–H and O–H groups in total. The van der Waals surface area contributed by atoms with E-state index < -0.39 is 5.60 Å². The third-order valence-electron chi connectivity index (χ3n) is 5.48. The molecule has 1 saturated heterocycles. The maximum Gasteiger partial charge on any atom is 0.138 e. The lowest BCUT2D eigenvalue weighted by molar-refractivity contribution is -0.0168. The van der Waals surface area contributed by atoms with E-state index in [2.05, 4.69) is 33.1 Å². The van der Waals surface area contributed by atoms with Gasteiger partial charge in [0.05, 0.1) is 28.0 Å². The second-order valence-electron chi connectivity index (χ2n) is 7.83. The van der Waals surface area contributed by atoms with E-state index in [4.69, 9.17) is 16.3 Å². The molecule has 0 spiro atoms. The van der Waals surface area contributed by atoms with Gasteiger partial charge in [-0.2, -0.15) is 0 Å². The van der Waals surface area contributed by atoms with Gasteiger partial charge in [-0.1, -0.05) is 23.7 Å². The molecule has 1 unspecified atom stereocenters. The van der Waals surface area contributed by atoms with Crippen LogP contribution in [0.5, 0.6) is 5.75 Å². The fourth-order valence-electron chi connectivity index (χ4n) is 3.81. The topological polar surface area (TPSA) is 61.4 Å². The number of fused-ring (bicyclic) bond motifs is 1. The molecule has 1 aromatic heterocycles. The number of halogens is 1. The quantitative estimate of drug-likeness (QED) is 0.670. The van der Waals surface area contributed by atoms with Gasteiger partial charge in [0.15, 0.2) is 0 Å². The first-order valence-electron chi connectivity index (χ1n) is 9.76. The molecule has 0 amide bonds. The highest BCUT2D eigenvalue weighted by atomic mass is 35.5. The fourth-order valence-corrected chi connectivity index (χ4v) is 3.98. The highest BCUT2D eigenvalue weighted by Gasteiger charge is 2.31. The third-order valence-corrected chi connectivity index (χ3v) is 5.80. The molecule has 28 heavy (non-hydrogen) atoms. The van der Waals surface area contributed by atoms with E-state index in [1.54, 1.807) is 6.33 Å². The van der Waals surface area contributed by atoms with Crippen molar-refractivity contribution >= 4 is 22.6 Å².